The third-order valence-corrected chi connectivity index (χ3v) is 29.4. The molecule has 0 radical (unpaired) electrons. The average Bonchev–Trinajstić information content (AvgIpc) is 1.34. The van der Waals surface area contributed by atoms with E-state index in [0.717, 1.165) is 71.8 Å². The summed E-state index contributed by atoms with van der Waals surface area (Å²) in [6.07, 6.45) is 2.51. The molecular weight excluding hydrogens is 1450 g/mol. The monoisotopic (exact) mass is 1510 g/mol. The molecule has 1 aromatic heterocycles. The van der Waals surface area contributed by atoms with Crippen LogP contribution in [0.2, 0.25) is 0 Å². The zero-order chi connectivity index (χ0) is 71.6. The molecule has 5 heterocycles. The fourth-order valence-corrected chi connectivity index (χ4v) is 18.5. The van der Waals surface area contributed by atoms with Gasteiger partial charge in [0.2, 0.25) is 5.36 Å². The first-order valence-electron chi connectivity index (χ1n) is 30.8. The number of rotatable bonds is 28. The van der Waals surface area contributed by atoms with Crippen LogP contribution in [0, 0.1) is 11.8 Å². The Morgan fingerprint density at radius 3 is 2.26 bits per heavy atom. The second kappa shape index (κ2) is 30.0. The van der Waals surface area contributed by atoms with E-state index in [9.17, 15) is 68.6 Å². The molecule has 1 saturated heterocycles. The summed E-state index contributed by atoms with van der Waals surface area (Å²) >= 11 is 0.823. The van der Waals surface area contributed by atoms with Crippen molar-refractivity contribution in [2.45, 2.75) is 73.6 Å². The molecule has 0 bridgehead atoms. The molecule has 8 N–H and O–H groups in total. The SMILES string of the molecule is O=C(NCCOCCC#CCc1cn([C@H]2CC[C@@H](COP(OO)(OOO)(P(=O)=O)P(=O)=O)O2)c(=O)[nH]c1=O)c1ccc(CNC(=O)c2ccc(N3CCc4c5c(c6cc7ccc(SOOO)cc7cc6c43)C=c3c(c4c(c6cc(S(=O)(=O)O)ccc36)=[N+](CCCS(=O)(=O)O)CC4)O5)cc2)cc1.[HH]. The summed E-state index contributed by atoms with van der Waals surface area (Å²) in [5.74, 6) is 5.68. The molecule has 8 aromatic rings. The van der Waals surface area contributed by atoms with Gasteiger partial charge in [-0.25, -0.2) is 9.83 Å². The first-order chi connectivity index (χ1) is 48.4. The normalized spacial score (nSPS) is 16.0. The summed E-state index contributed by atoms with van der Waals surface area (Å²) in [4.78, 5) is 56.7. The van der Waals surface area contributed by atoms with E-state index >= 15 is 0 Å². The van der Waals surface area contributed by atoms with Crippen LogP contribution >= 0.6 is 33.4 Å². The van der Waals surface area contributed by atoms with Crippen LogP contribution in [0.25, 0.3) is 38.4 Å². The first-order valence-corrected chi connectivity index (χ1v) is 40.4. The van der Waals surface area contributed by atoms with Gasteiger partial charge in [-0.15, -0.1) is 4.33 Å². The van der Waals surface area contributed by atoms with Crippen LogP contribution in [0.15, 0.2) is 123 Å². The van der Waals surface area contributed by atoms with Gasteiger partial charge in [0.25, 0.3) is 32.1 Å². The number of hydrogen-bond acceptors (Lipinski definition) is 26. The van der Waals surface area contributed by atoms with Crippen molar-refractivity contribution in [1.82, 2.24) is 24.8 Å². The van der Waals surface area contributed by atoms with Gasteiger partial charge < -0.3 is 25.0 Å². The predicted molar refractivity (Wildman–Crippen MR) is 363 cm³/mol. The van der Waals surface area contributed by atoms with Gasteiger partial charge in [-0.3, -0.25) is 18.7 Å². The number of benzene rings is 7. The van der Waals surface area contributed by atoms with Gasteiger partial charge in [-0.2, -0.15) is 16.8 Å². The summed E-state index contributed by atoms with van der Waals surface area (Å²) in [7, 11) is -17.7. The van der Waals surface area contributed by atoms with Gasteiger partial charge in [0.05, 0.1) is 52.5 Å². The van der Waals surface area contributed by atoms with Crippen molar-refractivity contribution < 1.29 is 113 Å². The Morgan fingerprint density at radius 2 is 1.54 bits per heavy atom. The second-order valence-electron chi connectivity index (χ2n) is 23.5. The summed E-state index contributed by atoms with van der Waals surface area (Å²) in [5.41, 5.74) is 4.09. The van der Waals surface area contributed by atoms with Crippen LogP contribution < -0.4 is 46.7 Å². The number of carbonyl (C=O) groups is 2. The van der Waals surface area contributed by atoms with Crippen LogP contribution in [-0.2, 0) is 102 Å². The van der Waals surface area contributed by atoms with E-state index in [2.05, 4.69) is 63.9 Å². The maximum atomic E-state index is 13.7. The number of hydrogen-bond donors (Lipinski definition) is 8. The Labute approximate surface area is 577 Å². The average molecular weight is 1510 g/mol. The van der Waals surface area contributed by atoms with E-state index < -0.39 is 77.6 Å². The third kappa shape index (κ3) is 14.9. The van der Waals surface area contributed by atoms with Crippen molar-refractivity contribution in [2.24, 2.45) is 0 Å². The molecule has 4 aliphatic rings. The maximum Gasteiger partial charge on any atom is 0.294 e. The fourth-order valence-electron chi connectivity index (χ4n) is 12.7. The van der Waals surface area contributed by atoms with Gasteiger partial charge in [-0.1, -0.05) is 29.3 Å². The number of carbonyl (C=O) groups excluding carboxylic acids is 2. The minimum absolute atomic E-state index is 0. The number of aromatic amines is 1. The van der Waals surface area contributed by atoms with Gasteiger partial charge in [-0.05, 0) is 112 Å². The van der Waals surface area contributed by atoms with Gasteiger partial charge >= 0.3 is 172 Å². The van der Waals surface area contributed by atoms with Crippen molar-refractivity contribution in [3.8, 4) is 23.3 Å². The molecule has 0 saturated carbocycles. The minimum Gasteiger partial charge on any atom is -0.455 e. The number of nitrogens with zero attached hydrogens (tertiary/aromatic N) is 3. The van der Waals surface area contributed by atoms with Crippen molar-refractivity contribution >= 4 is 115 Å². The summed E-state index contributed by atoms with van der Waals surface area (Å²) in [6.45, 7) is -5.61. The molecule has 0 spiro atoms. The molecule has 38 heteroatoms. The molecule has 1 fully saturated rings. The molecule has 532 valence electrons. The van der Waals surface area contributed by atoms with Crippen LogP contribution in [-0.4, -0.2) is 121 Å². The zero-order valence-corrected chi connectivity index (χ0v) is 57.7. The van der Waals surface area contributed by atoms with Crippen LogP contribution in [0.4, 0.5) is 11.4 Å². The third-order valence-electron chi connectivity index (χ3n) is 17.4. The molecule has 7 aromatic carbocycles. The summed E-state index contributed by atoms with van der Waals surface area (Å²) in [6, 6.07) is 28.0. The van der Waals surface area contributed by atoms with Crippen LogP contribution in [0.5, 0.6) is 11.5 Å². The standard InChI is InChI=1S/C63H59N6O26P3S3.H2/c70-60(64-22-27-87-26-3-1-2-5-41-35-69(63(73)66-62(41)72)55-19-15-44(89-55)36-88-98(93-76,94-91-74,96(77)78)97(79)80)38-8-6-37(7-9-38)34-65-61(71)39-10-13-43(14-11-39)68-25-21-49-57(68)51-31-42-29-45(99-95-92-75)16-12-40(42)30-50(51)54-33-53-47-18-17-46(101(84,85)86)32-52(47)56-48(58(53)90-59(49)54)20-24-67(56)23-4-28-100(81,82)83;/h6-14,16-18,29-33,35,44,55H,3-5,15,19-28,34,36H2,(H7-,64,65,66,70,71,72,73,74,75,76,81,82,83,84,85,86);1H/p+1/t44-,55+;/m0./s1. The Hall–Kier alpha value is -8.27. The molecule has 2 atom stereocenters. The number of anilines is 2. The zero-order valence-electron chi connectivity index (χ0n) is 52.6. The molecular formula is C63H62N6O26P3S3+. The van der Waals surface area contributed by atoms with Crippen molar-refractivity contribution in [1.29, 1.82) is 0 Å². The van der Waals surface area contributed by atoms with Gasteiger partial charge in [0.15, 0.2) is 0 Å². The number of fused-ring (bicyclic) bond motifs is 13. The Kier molecular flexibility index (Phi) is 21.5. The molecule has 0 unspecified atom stereocenters. The second-order valence-corrected chi connectivity index (χ2v) is 37.4. The molecule has 0 aliphatic carbocycles. The summed E-state index contributed by atoms with van der Waals surface area (Å²) in [5, 5.41) is 45.5. The van der Waals surface area contributed by atoms with E-state index in [0.29, 0.717) is 74.8 Å². The van der Waals surface area contributed by atoms with E-state index in [1.54, 1.807) is 42.5 Å². The number of amides is 2. The minimum atomic E-state index is -6.54. The fraction of sp³-hybridized carbons (Fsp3) is 0.286. The molecule has 12 rings (SSSR count). The van der Waals surface area contributed by atoms with Gasteiger partial charge in [0, 0.05) is 77.3 Å². The molecule has 2 amide bonds. The molecule has 101 heavy (non-hydrogen) atoms. The van der Waals surface area contributed by atoms with Crippen LogP contribution in [0.3, 0.4) is 0 Å². The number of aromatic nitrogens is 2. The predicted octanol–water partition coefficient (Wildman–Crippen LogP) is 8.26. The largest absolute Gasteiger partial charge is 0.455 e. The van der Waals surface area contributed by atoms with E-state index in [1.807, 2.05) is 41.0 Å². The summed E-state index contributed by atoms with van der Waals surface area (Å²) < 4.78 is 155. The van der Waals surface area contributed by atoms with Crippen molar-refractivity contribution in [3.63, 3.8) is 0 Å². The number of ether oxygens (including phenoxy) is 3. The van der Waals surface area contributed by atoms with E-state index in [4.69, 9.17) is 33.6 Å². The Balaban J connectivity index is 0.0000105. The number of H-pyrrole nitrogens is 1. The Morgan fingerprint density at radius 1 is 0.802 bits per heavy atom. The molecule has 4 aliphatic heterocycles. The maximum absolute atomic E-state index is 13.7. The first kappa shape index (κ1) is 72.5. The van der Waals surface area contributed by atoms with E-state index in [-0.39, 0.29) is 88.7 Å². The number of nitrogens with one attached hydrogen (secondary N) is 3. The van der Waals surface area contributed by atoms with Gasteiger partial charge in [0.1, 0.15) is 24.6 Å². The van der Waals surface area contributed by atoms with Crippen molar-refractivity contribution in [3.05, 3.63) is 174 Å². The van der Waals surface area contributed by atoms with Crippen LogP contribution in [0.1, 0.15) is 81.9 Å². The van der Waals surface area contributed by atoms with E-state index in [1.165, 1.54) is 18.3 Å². The smallest absolute Gasteiger partial charge is 0.294 e. The topological polar surface area (TPSA) is 440 Å². The quantitative estimate of drug-likeness (QED) is 0.00263. The molecule has 32 nitrogen and oxygen atoms in total. The van der Waals surface area contributed by atoms with Crippen molar-refractivity contribution in [2.75, 3.05) is 56.7 Å². The Bertz CT molecular complexity index is 5390.